The molecule has 3 heterocycles. The summed E-state index contributed by atoms with van der Waals surface area (Å²) in [5.74, 6) is 1.54. The number of fused-ring (bicyclic) bond motifs is 3. The highest BCUT2D eigenvalue weighted by atomic mass is 79.9. The maximum absolute atomic E-state index is 5.89. The molecule has 144 valence electrons. The van der Waals surface area contributed by atoms with Crippen molar-refractivity contribution in [2.45, 2.75) is 27.0 Å². The minimum Gasteiger partial charge on any atom is -0.291 e. The fourth-order valence-electron chi connectivity index (χ4n) is 3.23. The summed E-state index contributed by atoms with van der Waals surface area (Å²) in [6.45, 7) is 6.53. The molecule has 0 saturated carbocycles. The van der Waals surface area contributed by atoms with E-state index in [1.54, 1.807) is 6.20 Å². The lowest BCUT2D eigenvalue weighted by Gasteiger charge is -2.18. The van der Waals surface area contributed by atoms with Crippen LogP contribution in [-0.4, -0.2) is 43.6 Å². The molecule has 1 aliphatic rings. The molecule has 0 spiro atoms. The van der Waals surface area contributed by atoms with Crippen molar-refractivity contribution < 1.29 is 4.84 Å². The van der Waals surface area contributed by atoms with Gasteiger partial charge in [-0.15, -0.1) is 10.2 Å². The Hall–Kier alpha value is -2.42. The van der Waals surface area contributed by atoms with Crippen LogP contribution in [-0.2, 0) is 18.0 Å². The highest BCUT2D eigenvalue weighted by Crippen LogP contribution is 2.28. The molecule has 4 rings (SSSR count). The SMILES string of the molecule is CCN(CC)OCc1nnc2n1-c1ccc(Br)cc1C(c1ccccn1)=NC2. The Morgan fingerprint density at radius 2 is 2.00 bits per heavy atom. The van der Waals surface area contributed by atoms with E-state index in [1.807, 2.05) is 33.9 Å². The second-order valence-electron chi connectivity index (χ2n) is 6.30. The lowest BCUT2D eigenvalue weighted by molar-refractivity contribution is -0.165. The van der Waals surface area contributed by atoms with Gasteiger partial charge in [0.2, 0.25) is 0 Å². The van der Waals surface area contributed by atoms with E-state index < -0.39 is 0 Å². The van der Waals surface area contributed by atoms with Gasteiger partial charge >= 0.3 is 0 Å². The van der Waals surface area contributed by atoms with Crippen molar-refractivity contribution in [3.63, 3.8) is 0 Å². The first-order valence-electron chi connectivity index (χ1n) is 9.28. The summed E-state index contributed by atoms with van der Waals surface area (Å²) in [5.41, 5.74) is 3.64. The third-order valence-corrected chi connectivity index (χ3v) is 5.11. The van der Waals surface area contributed by atoms with Crippen LogP contribution in [0.1, 0.15) is 36.8 Å². The molecule has 8 heteroatoms. The van der Waals surface area contributed by atoms with Crippen molar-refractivity contribution in [2.24, 2.45) is 4.99 Å². The van der Waals surface area contributed by atoms with Crippen LogP contribution in [0.15, 0.2) is 52.1 Å². The van der Waals surface area contributed by atoms with Gasteiger partial charge in [-0.2, -0.15) is 5.06 Å². The molecule has 7 nitrogen and oxygen atoms in total. The zero-order chi connectivity index (χ0) is 19.5. The van der Waals surface area contributed by atoms with Crippen molar-refractivity contribution in [1.29, 1.82) is 0 Å². The van der Waals surface area contributed by atoms with E-state index in [2.05, 4.69) is 57.1 Å². The van der Waals surface area contributed by atoms with Gasteiger partial charge in [-0.3, -0.25) is 19.4 Å². The van der Waals surface area contributed by atoms with Crippen LogP contribution in [0.4, 0.5) is 0 Å². The van der Waals surface area contributed by atoms with Crippen LogP contribution in [0, 0.1) is 0 Å². The summed E-state index contributed by atoms with van der Waals surface area (Å²) in [7, 11) is 0. The van der Waals surface area contributed by atoms with Crippen molar-refractivity contribution in [1.82, 2.24) is 24.8 Å². The maximum Gasteiger partial charge on any atom is 0.165 e. The highest BCUT2D eigenvalue weighted by Gasteiger charge is 2.24. The van der Waals surface area contributed by atoms with Gasteiger partial charge in [0.1, 0.15) is 13.2 Å². The lowest BCUT2D eigenvalue weighted by atomic mass is 10.0. The van der Waals surface area contributed by atoms with Gasteiger partial charge in [-0.25, -0.2) is 0 Å². The average molecular weight is 441 g/mol. The predicted molar refractivity (Wildman–Crippen MR) is 110 cm³/mol. The second-order valence-corrected chi connectivity index (χ2v) is 7.21. The van der Waals surface area contributed by atoms with Crippen molar-refractivity contribution >= 4 is 21.6 Å². The first-order valence-corrected chi connectivity index (χ1v) is 10.1. The smallest absolute Gasteiger partial charge is 0.165 e. The zero-order valence-electron chi connectivity index (χ0n) is 15.8. The molecule has 0 N–H and O–H groups in total. The number of hydrogen-bond acceptors (Lipinski definition) is 6. The van der Waals surface area contributed by atoms with Gasteiger partial charge in [-0.1, -0.05) is 35.8 Å². The molecule has 1 aromatic carbocycles. The van der Waals surface area contributed by atoms with E-state index in [1.165, 1.54) is 0 Å². The molecule has 1 aliphatic heterocycles. The van der Waals surface area contributed by atoms with Crippen LogP contribution < -0.4 is 0 Å². The quantitative estimate of drug-likeness (QED) is 0.548. The monoisotopic (exact) mass is 440 g/mol. The summed E-state index contributed by atoms with van der Waals surface area (Å²) in [5, 5.41) is 10.6. The number of halogens is 1. The summed E-state index contributed by atoms with van der Waals surface area (Å²) in [6.07, 6.45) is 1.78. The van der Waals surface area contributed by atoms with Crippen molar-refractivity contribution in [2.75, 3.05) is 13.1 Å². The third kappa shape index (κ3) is 3.63. The molecular formula is C20H21BrN6O. The Balaban J connectivity index is 1.79. The Kier molecular flexibility index (Phi) is 5.61. The van der Waals surface area contributed by atoms with Gasteiger partial charge in [0.25, 0.3) is 0 Å². The summed E-state index contributed by atoms with van der Waals surface area (Å²) >= 11 is 3.59. The molecule has 0 unspecified atom stereocenters. The van der Waals surface area contributed by atoms with E-state index >= 15 is 0 Å². The molecule has 0 atom stereocenters. The molecule has 0 bridgehead atoms. The largest absolute Gasteiger partial charge is 0.291 e. The van der Waals surface area contributed by atoms with Gasteiger partial charge < -0.3 is 0 Å². The number of rotatable bonds is 6. The first-order chi connectivity index (χ1) is 13.7. The molecule has 28 heavy (non-hydrogen) atoms. The molecule has 0 saturated heterocycles. The van der Waals surface area contributed by atoms with Gasteiger partial charge in [0, 0.05) is 29.3 Å². The van der Waals surface area contributed by atoms with Gasteiger partial charge in [0.05, 0.1) is 17.1 Å². The molecule has 3 aromatic rings. The topological polar surface area (TPSA) is 68.4 Å². The molecule has 0 aliphatic carbocycles. The Morgan fingerprint density at radius 3 is 2.75 bits per heavy atom. The Bertz CT molecular complexity index is 997. The number of hydrogen-bond donors (Lipinski definition) is 0. The molecule has 0 fully saturated rings. The lowest BCUT2D eigenvalue weighted by Crippen LogP contribution is -2.24. The zero-order valence-corrected chi connectivity index (χ0v) is 17.4. The second kappa shape index (κ2) is 8.30. The van der Waals surface area contributed by atoms with Crippen LogP contribution in [0.5, 0.6) is 0 Å². The predicted octanol–water partition coefficient (Wildman–Crippen LogP) is 3.55. The van der Waals surface area contributed by atoms with Gasteiger partial charge in [-0.05, 0) is 30.3 Å². The fraction of sp³-hybridized carbons (Fsp3) is 0.300. The number of pyridine rings is 1. The van der Waals surface area contributed by atoms with E-state index in [9.17, 15) is 0 Å². The minimum absolute atomic E-state index is 0.350. The number of hydroxylamine groups is 2. The van der Waals surface area contributed by atoms with Crippen molar-refractivity contribution in [3.8, 4) is 5.69 Å². The first kappa shape index (κ1) is 18.9. The van der Waals surface area contributed by atoms with Gasteiger partial charge in [0.15, 0.2) is 11.6 Å². The van der Waals surface area contributed by atoms with E-state index in [-0.39, 0.29) is 0 Å². The van der Waals surface area contributed by atoms with Crippen LogP contribution in [0.2, 0.25) is 0 Å². The van der Waals surface area contributed by atoms with E-state index in [0.717, 1.165) is 51.9 Å². The van der Waals surface area contributed by atoms with E-state index in [0.29, 0.717) is 13.2 Å². The summed E-state index contributed by atoms with van der Waals surface area (Å²) < 4.78 is 3.03. The molecule has 0 amide bonds. The molecular weight excluding hydrogens is 420 g/mol. The molecule has 0 radical (unpaired) electrons. The van der Waals surface area contributed by atoms with E-state index in [4.69, 9.17) is 9.83 Å². The number of benzene rings is 1. The summed E-state index contributed by atoms with van der Waals surface area (Å²) in [4.78, 5) is 15.2. The summed E-state index contributed by atoms with van der Waals surface area (Å²) in [6, 6.07) is 12.0. The number of aromatic nitrogens is 4. The van der Waals surface area contributed by atoms with Crippen LogP contribution in [0.3, 0.4) is 0 Å². The number of nitrogens with zero attached hydrogens (tertiary/aromatic N) is 6. The number of aliphatic imine (C=N–C) groups is 1. The molecule has 2 aromatic heterocycles. The third-order valence-electron chi connectivity index (χ3n) is 4.62. The average Bonchev–Trinajstić information content (AvgIpc) is 3.05. The highest BCUT2D eigenvalue weighted by molar-refractivity contribution is 9.10. The van der Waals surface area contributed by atoms with Crippen molar-refractivity contribution in [3.05, 3.63) is 70.0 Å². The van der Waals surface area contributed by atoms with Crippen LogP contribution in [0.25, 0.3) is 5.69 Å². The normalized spacial score (nSPS) is 13.1. The Labute approximate surface area is 172 Å². The minimum atomic E-state index is 0.350. The van der Waals surface area contributed by atoms with Crippen LogP contribution >= 0.6 is 15.9 Å². The maximum atomic E-state index is 5.89. The Morgan fingerprint density at radius 1 is 1.14 bits per heavy atom. The fourth-order valence-corrected chi connectivity index (χ4v) is 3.59. The standard InChI is InChI=1S/C20H21BrN6O/c1-3-26(4-2)28-13-19-25-24-18-12-23-20(16-7-5-6-10-22-16)15-11-14(21)8-9-17(15)27(18)19/h5-11H,3-4,12-13H2,1-2H3.